The van der Waals surface area contributed by atoms with E-state index in [1.54, 1.807) is 23.1 Å². The molecule has 2 aliphatic heterocycles. The molecule has 4 heterocycles. The minimum absolute atomic E-state index is 0.00517. The van der Waals surface area contributed by atoms with Crippen LogP contribution in [0.25, 0.3) is 11.1 Å². The van der Waals surface area contributed by atoms with Crippen LogP contribution < -0.4 is 32.3 Å². The highest BCUT2D eigenvalue weighted by atomic mass is 16.3. The van der Waals surface area contributed by atoms with Crippen LogP contribution in [0.2, 0.25) is 0 Å². The first-order valence-corrected chi connectivity index (χ1v) is 18.8. The van der Waals surface area contributed by atoms with Crippen LogP contribution in [0.1, 0.15) is 74.2 Å². The van der Waals surface area contributed by atoms with E-state index in [4.69, 9.17) is 19.3 Å². The second kappa shape index (κ2) is 19.4. The normalized spacial score (nSPS) is 17.6. The van der Waals surface area contributed by atoms with Crippen LogP contribution in [0.15, 0.2) is 65.9 Å². The van der Waals surface area contributed by atoms with Crippen molar-refractivity contribution in [2.24, 2.45) is 17.4 Å². The second-order valence-electron chi connectivity index (χ2n) is 14.2. The van der Waals surface area contributed by atoms with Gasteiger partial charge in [0.1, 0.15) is 30.7 Å². The highest BCUT2D eigenvalue weighted by molar-refractivity contribution is 6.14. The fourth-order valence-electron chi connectivity index (χ4n) is 5.92. The number of allylic oxidation sites excluding steroid dienone is 1. The van der Waals surface area contributed by atoms with Crippen LogP contribution >= 0.6 is 0 Å². The number of aliphatic hydroxyl groups is 1. The van der Waals surface area contributed by atoms with Crippen molar-refractivity contribution in [2.75, 3.05) is 51.5 Å². The van der Waals surface area contributed by atoms with Crippen LogP contribution in [0, 0.1) is 5.92 Å². The van der Waals surface area contributed by atoms with Gasteiger partial charge in [0.2, 0.25) is 5.91 Å². The summed E-state index contributed by atoms with van der Waals surface area (Å²) in [6.07, 6.45) is 9.62. The third-order valence-electron chi connectivity index (χ3n) is 8.91. The molecular weight excluding hydrogens is 697 g/mol. The van der Waals surface area contributed by atoms with E-state index >= 15 is 0 Å². The average molecular weight is 754 g/mol. The molecular formula is C39H56BN11O4. The molecule has 16 heteroatoms. The Balaban J connectivity index is 0.000000255. The molecule has 2 radical (unpaired) electrons. The number of benzene rings is 1. The van der Waals surface area contributed by atoms with E-state index in [0.717, 1.165) is 79.8 Å². The topological polar surface area (TPSA) is 211 Å². The van der Waals surface area contributed by atoms with E-state index in [1.807, 2.05) is 71.3 Å². The maximum atomic E-state index is 12.7. The molecule has 15 nitrogen and oxygen atoms in total. The summed E-state index contributed by atoms with van der Waals surface area (Å²) in [4.78, 5) is 45.4. The Morgan fingerprint density at radius 3 is 2.31 bits per heavy atom. The number of para-hydroxylation sites is 1. The van der Waals surface area contributed by atoms with E-state index < -0.39 is 5.62 Å². The molecule has 0 bridgehead atoms. The zero-order chi connectivity index (χ0) is 40.3. The Kier molecular flexibility index (Phi) is 15.0. The number of anilines is 2. The number of rotatable bonds is 10. The van der Waals surface area contributed by atoms with Crippen LogP contribution in [-0.2, 0) is 21.8 Å². The number of carbonyl (C=O) groups is 3. The summed E-state index contributed by atoms with van der Waals surface area (Å²) < 4.78 is 0. The van der Waals surface area contributed by atoms with Gasteiger partial charge in [0.05, 0.1) is 41.2 Å². The Morgan fingerprint density at radius 2 is 1.69 bits per heavy atom. The number of aromatic nitrogens is 3. The predicted molar refractivity (Wildman–Crippen MR) is 216 cm³/mol. The van der Waals surface area contributed by atoms with Crippen molar-refractivity contribution in [3.05, 3.63) is 83.0 Å². The third-order valence-corrected chi connectivity index (χ3v) is 8.91. The largest absolute Gasteiger partial charge is 0.393 e. The molecule has 2 saturated carbocycles. The fourth-order valence-corrected chi connectivity index (χ4v) is 5.92. The molecule has 7 rings (SSSR count). The number of amides is 2. The van der Waals surface area contributed by atoms with Gasteiger partial charge in [-0.2, -0.15) is 5.10 Å². The highest BCUT2D eigenvalue weighted by Gasteiger charge is 2.34. The Morgan fingerprint density at radius 1 is 1.04 bits per heavy atom. The molecule has 1 atom stereocenters. The van der Waals surface area contributed by atoms with Gasteiger partial charge in [-0.3, -0.25) is 24.4 Å². The van der Waals surface area contributed by atoms with Gasteiger partial charge in [0.25, 0.3) is 5.91 Å². The Labute approximate surface area is 325 Å². The summed E-state index contributed by atoms with van der Waals surface area (Å²) in [6, 6.07) is 10.9. The van der Waals surface area contributed by atoms with Gasteiger partial charge >= 0.3 is 0 Å². The van der Waals surface area contributed by atoms with Gasteiger partial charge in [-0.15, -0.1) is 0 Å². The lowest BCUT2D eigenvalue weighted by Gasteiger charge is -2.34. The van der Waals surface area contributed by atoms with Crippen molar-refractivity contribution in [3.63, 3.8) is 0 Å². The number of hydrogen-bond donors (Lipinski definition) is 7. The van der Waals surface area contributed by atoms with Gasteiger partial charge in [-0.05, 0) is 77.9 Å². The summed E-state index contributed by atoms with van der Waals surface area (Å²) in [7, 11) is 13.9. The third kappa shape index (κ3) is 11.7. The summed E-state index contributed by atoms with van der Waals surface area (Å²) in [5, 5.41) is 26.4. The van der Waals surface area contributed by atoms with E-state index in [2.05, 4.69) is 36.0 Å². The number of carbonyl (C=O) groups excluding carboxylic acids is 3. The molecule has 294 valence electrons. The van der Waals surface area contributed by atoms with E-state index in [1.165, 1.54) is 6.08 Å². The predicted octanol–water partition coefficient (Wildman–Crippen LogP) is 2.68. The van der Waals surface area contributed by atoms with Crippen molar-refractivity contribution in [3.8, 4) is 11.1 Å². The first kappa shape index (κ1) is 42.6. The van der Waals surface area contributed by atoms with Crippen LogP contribution in [0.3, 0.4) is 0 Å². The monoisotopic (exact) mass is 753 g/mol. The Hall–Kier alpha value is -5.19. The van der Waals surface area contributed by atoms with Crippen molar-refractivity contribution in [1.29, 1.82) is 0 Å². The molecule has 2 amide bonds. The number of nitrogens with one attached hydrogen (secondary N) is 4. The van der Waals surface area contributed by atoms with Crippen LogP contribution in [0.5, 0.6) is 0 Å². The number of likely N-dealkylation sites (tertiary alicyclic amines) is 1. The van der Waals surface area contributed by atoms with E-state index in [0.29, 0.717) is 24.2 Å². The van der Waals surface area contributed by atoms with Crippen molar-refractivity contribution < 1.29 is 19.5 Å². The number of nitrogens with two attached hydrogens (primary N) is 2. The quantitative estimate of drug-likeness (QED) is 0.0690. The first-order valence-electron chi connectivity index (χ1n) is 18.8. The lowest BCUT2D eigenvalue weighted by atomic mass is 9.85. The summed E-state index contributed by atoms with van der Waals surface area (Å²) in [5.74, 6) is -0.347. The number of hydrogen-bond acceptors (Lipinski definition) is 12. The van der Waals surface area contributed by atoms with Crippen molar-refractivity contribution in [2.45, 2.75) is 70.6 Å². The second-order valence-corrected chi connectivity index (χ2v) is 14.2. The average Bonchev–Trinajstić information content (AvgIpc) is 4.07. The number of nitrogens with zero attached hydrogens (tertiary/aromatic N) is 5. The maximum absolute atomic E-state index is 12.7. The Bertz CT molecular complexity index is 1840. The number of aldehydes is 1. The van der Waals surface area contributed by atoms with Crippen molar-refractivity contribution >= 4 is 37.3 Å². The number of pyridine rings is 1. The van der Waals surface area contributed by atoms with Gasteiger partial charge in [-0.25, -0.2) is 4.98 Å². The van der Waals surface area contributed by atoms with Gasteiger partial charge in [-0.1, -0.05) is 32.0 Å². The van der Waals surface area contributed by atoms with Gasteiger partial charge in [0, 0.05) is 49.3 Å². The maximum Gasteiger partial charge on any atom is 0.269 e. The first-order chi connectivity index (χ1) is 26.3. The number of fused-ring (bicyclic) bond motifs is 3. The summed E-state index contributed by atoms with van der Waals surface area (Å²) in [6.45, 7) is 6.16. The lowest BCUT2D eigenvalue weighted by molar-refractivity contribution is -0.121. The van der Waals surface area contributed by atoms with Crippen molar-refractivity contribution in [1.82, 2.24) is 35.6 Å². The van der Waals surface area contributed by atoms with Gasteiger partial charge in [0.15, 0.2) is 6.29 Å². The number of aromatic amines is 1. The van der Waals surface area contributed by atoms with E-state index in [-0.39, 0.29) is 41.0 Å². The molecule has 9 N–H and O–H groups in total. The van der Waals surface area contributed by atoms with E-state index in [9.17, 15) is 19.5 Å². The minimum atomic E-state index is -1.57. The molecule has 1 aromatic carbocycles. The van der Waals surface area contributed by atoms with Gasteiger partial charge < -0.3 is 42.3 Å². The fraction of sp³-hybridized carbons (Fsp3) is 0.462. The molecule has 2 aromatic heterocycles. The zero-order valence-corrected chi connectivity index (χ0v) is 32.9. The van der Waals surface area contributed by atoms with Crippen LogP contribution in [-0.4, -0.2) is 103 Å². The van der Waals surface area contributed by atoms with Crippen LogP contribution in [0.4, 0.5) is 11.4 Å². The molecule has 3 fully saturated rings. The zero-order valence-electron chi connectivity index (χ0n) is 32.9. The number of H-pyrrole nitrogens is 1. The SMILES string of the molecule is CC.CN(C)C.CN1Cc2[nH]ncc2-c2cccc(NC(/C=C(\N)NC(=O)C3CC3)=C(/N)C(=O)NC3CC3)c21.[B]C(O)(c1cccc(C=O)n1)N1CCCC1. The standard InChI is InChI=1S/C23H28N8O2.C11H13BN2O2.C3H9N.C2H6/c1-31-11-18-15(10-26-30-18)14-3-2-4-16(21(14)31)28-17(20(25)23(33)27-13-7-8-13)9-19(24)29-22(32)12-5-6-12;12-11(16,14-6-1-2-7-14)10-5-3-4-9(8-15)13-10;1-4(2)3;1-2/h2-4,9-10,12-13,28H,5-8,11,24-25H2,1H3,(H,26,30)(H,27,33)(H,29,32);3-5,8,16H,1-2,6-7H2;1-3H3;1-2H3/b19-9+,20-17+;;;. The highest BCUT2D eigenvalue weighted by Crippen LogP contribution is 2.42. The summed E-state index contributed by atoms with van der Waals surface area (Å²) in [5.41, 5.74) is 16.5. The molecule has 1 unspecified atom stereocenters. The molecule has 3 aromatic rings. The molecule has 4 aliphatic rings. The summed E-state index contributed by atoms with van der Waals surface area (Å²) >= 11 is 0. The molecule has 0 spiro atoms. The molecule has 1 saturated heterocycles. The minimum Gasteiger partial charge on any atom is -0.393 e. The molecule has 2 aliphatic carbocycles. The lowest BCUT2D eigenvalue weighted by Crippen LogP contribution is -2.45. The molecule has 55 heavy (non-hydrogen) atoms. The smallest absolute Gasteiger partial charge is 0.269 e.